The van der Waals surface area contributed by atoms with Crippen LogP contribution in [0.15, 0.2) is 35.7 Å². The van der Waals surface area contributed by atoms with Crippen molar-refractivity contribution in [1.82, 2.24) is 0 Å². The predicted molar refractivity (Wildman–Crippen MR) is 47.8 cm³/mol. The normalized spacial score (nSPS) is 12.8. The Morgan fingerprint density at radius 3 is 2.42 bits per heavy atom. The summed E-state index contributed by atoms with van der Waals surface area (Å²) >= 11 is 0. The van der Waals surface area contributed by atoms with Gasteiger partial charge in [-0.15, -0.1) is 0 Å². The summed E-state index contributed by atoms with van der Waals surface area (Å²) < 4.78 is 0. The van der Waals surface area contributed by atoms with Crippen molar-refractivity contribution in [1.29, 1.82) is 0 Å². The molecule has 0 rings (SSSR count). The third kappa shape index (κ3) is 2.57. The van der Waals surface area contributed by atoms with Crippen molar-refractivity contribution in [3.63, 3.8) is 0 Å². The van der Waals surface area contributed by atoms with Crippen LogP contribution in [0.25, 0.3) is 0 Å². The molecule has 0 aliphatic heterocycles. The fraction of sp³-hybridized carbons (Fsp3) is 0.250. The van der Waals surface area contributed by atoms with Crippen molar-refractivity contribution in [3.8, 4) is 0 Å². The van der Waals surface area contributed by atoms with Crippen LogP contribution >= 0.6 is 0 Å². The summed E-state index contributed by atoms with van der Waals surface area (Å²) in [6.45, 7) is 6.84. The minimum atomic E-state index is -0.524. The second-order valence-corrected chi connectivity index (χ2v) is 2.34. The van der Waals surface area contributed by atoms with Gasteiger partial charge in [0.25, 0.3) is 5.70 Å². The van der Waals surface area contributed by atoms with E-state index in [9.17, 15) is 10.1 Å². The van der Waals surface area contributed by atoms with Crippen molar-refractivity contribution < 1.29 is 4.92 Å². The van der Waals surface area contributed by atoms with E-state index in [1.807, 2.05) is 0 Å². The van der Waals surface area contributed by atoms with E-state index in [0.717, 1.165) is 0 Å². The molecule has 0 aliphatic rings. The van der Waals surface area contributed by atoms with Crippen molar-refractivity contribution in [2.75, 3.05) is 0 Å². The maximum absolute atomic E-state index is 10.4. The Morgan fingerprint density at radius 2 is 2.17 bits per heavy atom. The van der Waals surface area contributed by atoms with E-state index in [4.69, 9.17) is 5.73 Å². The van der Waals surface area contributed by atoms with E-state index >= 15 is 0 Å². The van der Waals surface area contributed by atoms with Gasteiger partial charge in [0.1, 0.15) is 5.70 Å². The lowest BCUT2D eigenvalue weighted by Gasteiger charge is -1.98. The van der Waals surface area contributed by atoms with Crippen molar-refractivity contribution in [2.45, 2.75) is 13.8 Å². The highest BCUT2D eigenvalue weighted by atomic mass is 16.6. The molecule has 0 amide bonds. The Hall–Kier alpha value is -1.58. The highest BCUT2D eigenvalue weighted by molar-refractivity contribution is 5.30. The Labute approximate surface area is 71.2 Å². The summed E-state index contributed by atoms with van der Waals surface area (Å²) in [6.07, 6.45) is 2.91. The zero-order valence-corrected chi connectivity index (χ0v) is 7.20. The lowest BCUT2D eigenvalue weighted by molar-refractivity contribution is -0.420. The first-order valence-electron chi connectivity index (χ1n) is 3.43. The molecule has 0 saturated heterocycles. The summed E-state index contributed by atoms with van der Waals surface area (Å²) in [5, 5.41) is 10.4. The van der Waals surface area contributed by atoms with Gasteiger partial charge in [0, 0.05) is 6.08 Å². The van der Waals surface area contributed by atoms with Gasteiger partial charge in [-0.05, 0) is 19.4 Å². The number of nitro groups is 1. The van der Waals surface area contributed by atoms with Crippen LogP contribution in [0.4, 0.5) is 0 Å². The van der Waals surface area contributed by atoms with Crippen LogP contribution in [-0.4, -0.2) is 4.92 Å². The molecule has 66 valence electrons. The average molecular weight is 168 g/mol. The summed E-state index contributed by atoms with van der Waals surface area (Å²) in [6, 6.07) is 0. The molecule has 0 saturated carbocycles. The molecule has 0 radical (unpaired) electrons. The van der Waals surface area contributed by atoms with E-state index < -0.39 is 4.92 Å². The number of rotatable bonds is 3. The van der Waals surface area contributed by atoms with Crippen LogP contribution in [-0.2, 0) is 0 Å². The number of nitrogens with zero attached hydrogens (tertiary/aromatic N) is 1. The molecule has 12 heavy (non-hydrogen) atoms. The summed E-state index contributed by atoms with van der Waals surface area (Å²) in [5.74, 6) is 0. The van der Waals surface area contributed by atoms with E-state index in [1.54, 1.807) is 19.9 Å². The molecule has 4 nitrogen and oxygen atoms in total. The van der Waals surface area contributed by atoms with Gasteiger partial charge in [-0.3, -0.25) is 10.1 Å². The predicted octanol–water partition coefficient (Wildman–Crippen LogP) is 1.59. The first-order chi connectivity index (χ1) is 5.50. The van der Waals surface area contributed by atoms with Gasteiger partial charge < -0.3 is 5.73 Å². The minimum absolute atomic E-state index is 0.106. The summed E-state index contributed by atoms with van der Waals surface area (Å²) in [4.78, 5) is 9.89. The highest BCUT2D eigenvalue weighted by Crippen LogP contribution is 2.08. The van der Waals surface area contributed by atoms with Crippen LogP contribution in [0.2, 0.25) is 0 Å². The van der Waals surface area contributed by atoms with Crippen molar-refractivity contribution in [2.24, 2.45) is 5.73 Å². The number of allylic oxidation sites excluding steroid dienone is 3. The fourth-order valence-corrected chi connectivity index (χ4v) is 0.625. The molecule has 0 aromatic heterocycles. The lowest BCUT2D eigenvalue weighted by atomic mass is 10.2. The topological polar surface area (TPSA) is 69.2 Å². The third-order valence-corrected chi connectivity index (χ3v) is 1.26. The molecule has 0 aliphatic carbocycles. The first kappa shape index (κ1) is 10.4. The maximum atomic E-state index is 10.4. The summed E-state index contributed by atoms with van der Waals surface area (Å²) in [5.41, 5.74) is 5.95. The second-order valence-electron chi connectivity index (χ2n) is 2.34. The molecule has 0 bridgehead atoms. The first-order valence-corrected chi connectivity index (χ1v) is 3.43. The quantitative estimate of drug-likeness (QED) is 0.395. The standard InChI is InChI=1S/C8H12N2O2/c1-4-5-7(10(11)12)8(9)6(2)3/h4-5H,2,9H2,1,3H3/b5-4-,8-7-. The van der Waals surface area contributed by atoms with Gasteiger partial charge in [-0.2, -0.15) is 0 Å². The van der Waals surface area contributed by atoms with Gasteiger partial charge in [0.15, 0.2) is 0 Å². The van der Waals surface area contributed by atoms with E-state index in [0.29, 0.717) is 5.57 Å². The second kappa shape index (κ2) is 4.33. The van der Waals surface area contributed by atoms with E-state index in [2.05, 4.69) is 6.58 Å². The van der Waals surface area contributed by atoms with Crippen molar-refractivity contribution in [3.05, 3.63) is 45.8 Å². The molecule has 0 heterocycles. The molecule has 0 aromatic carbocycles. The molecule has 0 spiro atoms. The molecular weight excluding hydrogens is 156 g/mol. The molecule has 0 aromatic rings. The molecule has 4 heteroatoms. The molecule has 0 atom stereocenters. The summed E-state index contributed by atoms with van der Waals surface area (Å²) in [7, 11) is 0. The molecular formula is C8H12N2O2. The Kier molecular flexibility index (Phi) is 3.76. The Morgan fingerprint density at radius 1 is 1.67 bits per heavy atom. The SMILES string of the molecule is C=C(C)/C(N)=C(\C=C/C)[N+](=O)[O-]. The zero-order valence-electron chi connectivity index (χ0n) is 7.20. The van der Waals surface area contributed by atoms with Gasteiger partial charge in [-0.25, -0.2) is 0 Å². The van der Waals surface area contributed by atoms with Crippen LogP contribution in [0.1, 0.15) is 13.8 Å². The largest absolute Gasteiger partial charge is 0.393 e. The Bertz CT molecular complexity index is 264. The number of hydrogen-bond acceptors (Lipinski definition) is 3. The van der Waals surface area contributed by atoms with Gasteiger partial charge in [-0.1, -0.05) is 12.7 Å². The van der Waals surface area contributed by atoms with Gasteiger partial charge in [0.05, 0.1) is 4.92 Å². The fourth-order valence-electron chi connectivity index (χ4n) is 0.625. The Balaban J connectivity index is 5.07. The van der Waals surface area contributed by atoms with E-state index in [1.165, 1.54) is 6.08 Å². The minimum Gasteiger partial charge on any atom is -0.393 e. The zero-order chi connectivity index (χ0) is 9.72. The number of hydrogen-bond donors (Lipinski definition) is 1. The molecule has 2 N–H and O–H groups in total. The van der Waals surface area contributed by atoms with Crippen molar-refractivity contribution >= 4 is 0 Å². The monoisotopic (exact) mass is 168 g/mol. The van der Waals surface area contributed by atoms with Crippen LogP contribution in [0, 0.1) is 10.1 Å². The molecule has 0 unspecified atom stereocenters. The smallest absolute Gasteiger partial charge is 0.292 e. The lowest BCUT2D eigenvalue weighted by Crippen LogP contribution is -2.08. The third-order valence-electron chi connectivity index (χ3n) is 1.26. The van der Waals surface area contributed by atoms with Crippen LogP contribution in [0.5, 0.6) is 0 Å². The van der Waals surface area contributed by atoms with Gasteiger partial charge >= 0.3 is 0 Å². The average Bonchev–Trinajstić information content (AvgIpc) is 1.98. The van der Waals surface area contributed by atoms with Gasteiger partial charge in [0.2, 0.25) is 0 Å². The van der Waals surface area contributed by atoms with Crippen LogP contribution in [0.3, 0.4) is 0 Å². The molecule has 0 fully saturated rings. The van der Waals surface area contributed by atoms with Crippen LogP contribution < -0.4 is 5.73 Å². The van der Waals surface area contributed by atoms with E-state index in [-0.39, 0.29) is 11.4 Å². The maximum Gasteiger partial charge on any atom is 0.292 e. The number of nitrogens with two attached hydrogens (primary N) is 1. The highest BCUT2D eigenvalue weighted by Gasteiger charge is 2.11.